The van der Waals surface area contributed by atoms with Gasteiger partial charge in [-0.15, -0.1) is 11.3 Å². The van der Waals surface area contributed by atoms with E-state index < -0.39 is 0 Å². The Morgan fingerprint density at radius 2 is 1.82 bits per heavy atom. The molecule has 0 amide bonds. The van der Waals surface area contributed by atoms with Gasteiger partial charge in [0, 0.05) is 42.6 Å². The van der Waals surface area contributed by atoms with Gasteiger partial charge in [0.15, 0.2) is 5.82 Å². The highest BCUT2D eigenvalue weighted by molar-refractivity contribution is 8.00. The van der Waals surface area contributed by atoms with Gasteiger partial charge in [-0.2, -0.15) is 0 Å². The number of aliphatic hydroxyl groups excluding tert-OH is 1. The Kier molecular flexibility index (Phi) is 8.61. The van der Waals surface area contributed by atoms with Crippen LogP contribution in [-0.2, 0) is 6.42 Å². The molecule has 6 nitrogen and oxygen atoms in total. The van der Waals surface area contributed by atoms with Crippen LogP contribution in [0, 0.1) is 5.41 Å². The molecule has 3 aromatic heterocycles. The van der Waals surface area contributed by atoms with Crippen LogP contribution in [0.15, 0.2) is 71.2 Å². The summed E-state index contributed by atoms with van der Waals surface area (Å²) in [5.41, 5.74) is 4.09. The lowest BCUT2D eigenvalue weighted by atomic mass is 9.94. The van der Waals surface area contributed by atoms with Crippen molar-refractivity contribution in [2.45, 2.75) is 51.0 Å². The Balaban J connectivity index is 1.50. The summed E-state index contributed by atoms with van der Waals surface area (Å²) < 4.78 is 3.39. The van der Waals surface area contributed by atoms with E-state index in [-0.39, 0.29) is 12.0 Å². The van der Waals surface area contributed by atoms with Crippen molar-refractivity contribution in [3.8, 4) is 21.8 Å². The standard InChI is InChI=1S/C30H35N5OS2/c1-30(2,21-36)20-35-17-8-4-3-5-11-22-12-6-7-13-23(22)28-29(24-14-10-18-37-24)31-19-25(32-28)34-38-27-16-9-15-26(35)33-27/h6-7,9-10,12-16,18-19,36H,3-5,8,11,17,20-21H2,1-2H3,(H,32,34). The van der Waals surface area contributed by atoms with Crippen molar-refractivity contribution in [2.24, 2.45) is 5.41 Å². The maximum Gasteiger partial charge on any atom is 0.155 e. The van der Waals surface area contributed by atoms with Gasteiger partial charge in [0.25, 0.3) is 0 Å². The van der Waals surface area contributed by atoms with E-state index >= 15 is 0 Å². The molecule has 0 saturated heterocycles. The molecule has 0 fully saturated rings. The average molecular weight is 546 g/mol. The second-order valence-corrected chi connectivity index (χ2v) is 12.3. The molecule has 8 heteroatoms. The van der Waals surface area contributed by atoms with Crippen LogP contribution in [0.25, 0.3) is 21.8 Å². The average Bonchev–Trinajstić information content (AvgIpc) is 3.48. The van der Waals surface area contributed by atoms with Crippen molar-refractivity contribution >= 4 is 34.9 Å². The van der Waals surface area contributed by atoms with Gasteiger partial charge in [-0.3, -0.25) is 0 Å². The number of thiophene rings is 1. The van der Waals surface area contributed by atoms with Crippen LogP contribution in [0.2, 0.25) is 0 Å². The first-order valence-electron chi connectivity index (χ1n) is 13.3. The van der Waals surface area contributed by atoms with Gasteiger partial charge in [-0.05, 0) is 48.4 Å². The second-order valence-electron chi connectivity index (χ2n) is 10.5. The Morgan fingerprint density at radius 3 is 2.66 bits per heavy atom. The van der Waals surface area contributed by atoms with E-state index in [2.05, 4.69) is 71.3 Å². The van der Waals surface area contributed by atoms with E-state index in [1.54, 1.807) is 11.3 Å². The van der Waals surface area contributed by atoms with Gasteiger partial charge in [-0.1, -0.05) is 63.1 Å². The monoisotopic (exact) mass is 545 g/mol. The molecular weight excluding hydrogens is 510 g/mol. The molecule has 198 valence electrons. The molecule has 0 aliphatic carbocycles. The topological polar surface area (TPSA) is 74.2 Å². The predicted octanol–water partition coefficient (Wildman–Crippen LogP) is 7.33. The van der Waals surface area contributed by atoms with E-state index in [1.807, 2.05) is 18.3 Å². The van der Waals surface area contributed by atoms with Gasteiger partial charge < -0.3 is 14.7 Å². The van der Waals surface area contributed by atoms with Crippen LogP contribution < -0.4 is 9.62 Å². The summed E-state index contributed by atoms with van der Waals surface area (Å²) in [5.74, 6) is 1.64. The minimum atomic E-state index is -0.207. The van der Waals surface area contributed by atoms with Crippen LogP contribution in [0.5, 0.6) is 0 Å². The summed E-state index contributed by atoms with van der Waals surface area (Å²) in [7, 11) is 0. The van der Waals surface area contributed by atoms with Crippen molar-refractivity contribution in [1.29, 1.82) is 0 Å². The molecule has 1 aliphatic rings. The van der Waals surface area contributed by atoms with E-state index in [4.69, 9.17) is 15.0 Å². The minimum absolute atomic E-state index is 0.140. The van der Waals surface area contributed by atoms with Crippen molar-refractivity contribution in [3.05, 3.63) is 71.7 Å². The molecule has 5 rings (SSSR count). The van der Waals surface area contributed by atoms with Crippen LogP contribution in [0.3, 0.4) is 0 Å². The maximum atomic E-state index is 9.91. The smallest absolute Gasteiger partial charge is 0.155 e. The molecule has 4 heterocycles. The summed E-state index contributed by atoms with van der Waals surface area (Å²) in [6, 6.07) is 18.9. The molecule has 4 bridgehead atoms. The van der Waals surface area contributed by atoms with Crippen molar-refractivity contribution in [1.82, 2.24) is 15.0 Å². The largest absolute Gasteiger partial charge is 0.396 e. The summed E-state index contributed by atoms with van der Waals surface area (Å²) in [5, 5.41) is 12.9. The van der Waals surface area contributed by atoms with E-state index in [0.717, 1.165) is 71.4 Å². The number of anilines is 2. The summed E-state index contributed by atoms with van der Waals surface area (Å²) in [6.45, 7) is 6.02. The van der Waals surface area contributed by atoms with Crippen molar-refractivity contribution in [3.63, 3.8) is 0 Å². The highest BCUT2D eigenvalue weighted by atomic mass is 32.2. The molecule has 1 aliphatic heterocycles. The van der Waals surface area contributed by atoms with Gasteiger partial charge in [-0.25, -0.2) is 15.0 Å². The minimum Gasteiger partial charge on any atom is -0.396 e. The molecule has 1 aromatic carbocycles. The first kappa shape index (κ1) is 26.7. The number of rotatable bonds is 4. The van der Waals surface area contributed by atoms with Gasteiger partial charge >= 0.3 is 0 Å². The van der Waals surface area contributed by atoms with Gasteiger partial charge in [0.2, 0.25) is 0 Å². The Bertz CT molecular complexity index is 1340. The zero-order chi connectivity index (χ0) is 26.4. The number of hydrogen-bond acceptors (Lipinski definition) is 8. The molecule has 0 unspecified atom stereocenters. The third kappa shape index (κ3) is 6.54. The molecule has 0 atom stereocenters. The van der Waals surface area contributed by atoms with Gasteiger partial charge in [0.1, 0.15) is 22.2 Å². The summed E-state index contributed by atoms with van der Waals surface area (Å²) in [6.07, 6.45) is 7.36. The molecule has 2 N–H and O–H groups in total. The molecule has 38 heavy (non-hydrogen) atoms. The van der Waals surface area contributed by atoms with E-state index in [0.29, 0.717) is 5.82 Å². The van der Waals surface area contributed by atoms with E-state index in [1.165, 1.54) is 23.9 Å². The van der Waals surface area contributed by atoms with Gasteiger partial charge in [0.05, 0.1) is 11.1 Å². The molecule has 0 saturated carbocycles. The number of nitrogens with one attached hydrogen (secondary N) is 1. The number of benzene rings is 1. The Morgan fingerprint density at radius 1 is 0.947 bits per heavy atom. The lowest BCUT2D eigenvalue weighted by Gasteiger charge is -2.32. The SMILES string of the molecule is CC(C)(CO)CN1CCCCCCc2ccccc2-c2nc(cnc2-c2cccs2)NSc2cccc1n2. The fraction of sp³-hybridized carbons (Fsp3) is 0.367. The lowest BCUT2D eigenvalue weighted by molar-refractivity contribution is 0.164. The predicted molar refractivity (Wildman–Crippen MR) is 160 cm³/mol. The fourth-order valence-electron chi connectivity index (χ4n) is 4.74. The fourth-order valence-corrected chi connectivity index (χ4v) is 6.06. The normalized spacial score (nSPS) is 14.9. The summed E-state index contributed by atoms with van der Waals surface area (Å²) >= 11 is 3.13. The van der Waals surface area contributed by atoms with E-state index in [9.17, 15) is 5.11 Å². The van der Waals surface area contributed by atoms with Crippen molar-refractivity contribution < 1.29 is 5.11 Å². The van der Waals surface area contributed by atoms with Crippen LogP contribution in [0.1, 0.15) is 45.1 Å². The third-order valence-corrected chi connectivity index (χ3v) is 8.39. The number of aromatic nitrogens is 3. The number of aryl methyl sites for hydroxylation is 1. The second kappa shape index (κ2) is 12.3. The third-order valence-electron chi connectivity index (χ3n) is 6.76. The number of aliphatic hydroxyl groups is 1. The van der Waals surface area contributed by atoms with Crippen LogP contribution in [0.4, 0.5) is 11.6 Å². The molecule has 0 radical (unpaired) electrons. The highest BCUT2D eigenvalue weighted by Crippen LogP contribution is 2.35. The first-order chi connectivity index (χ1) is 18.5. The zero-order valence-corrected chi connectivity index (χ0v) is 23.7. The number of nitrogens with zero attached hydrogens (tertiary/aromatic N) is 4. The number of pyridine rings is 1. The first-order valence-corrected chi connectivity index (χ1v) is 15.0. The summed E-state index contributed by atoms with van der Waals surface area (Å²) in [4.78, 5) is 18.3. The number of fused-ring (bicyclic) bond motifs is 6. The quantitative estimate of drug-likeness (QED) is 0.260. The Labute approximate surface area is 233 Å². The zero-order valence-electron chi connectivity index (χ0n) is 22.1. The highest BCUT2D eigenvalue weighted by Gasteiger charge is 2.22. The van der Waals surface area contributed by atoms with Crippen LogP contribution >= 0.6 is 23.3 Å². The lowest BCUT2D eigenvalue weighted by Crippen LogP contribution is -2.37. The number of hydrogen-bond donors (Lipinski definition) is 2. The maximum absolute atomic E-state index is 9.91. The molecule has 4 aromatic rings. The van der Waals surface area contributed by atoms with Crippen molar-refractivity contribution in [2.75, 3.05) is 29.3 Å². The van der Waals surface area contributed by atoms with Crippen LogP contribution in [-0.4, -0.2) is 39.8 Å². The Hall–Kier alpha value is -2.94. The molecular formula is C30H35N5OS2. The molecule has 0 spiro atoms.